The van der Waals surface area contributed by atoms with Gasteiger partial charge in [0.05, 0.1) is 0 Å². The molecule has 1 heterocycles. The molecule has 1 aliphatic rings. The largest absolute Gasteiger partial charge is 0.449 e. The molecule has 1 saturated carbocycles. The van der Waals surface area contributed by atoms with E-state index in [0.29, 0.717) is 11.0 Å². The van der Waals surface area contributed by atoms with Crippen molar-refractivity contribution in [1.29, 1.82) is 0 Å². The maximum absolute atomic E-state index is 12.3. The minimum absolute atomic E-state index is 0.0432. The van der Waals surface area contributed by atoms with Crippen molar-refractivity contribution < 1.29 is 23.5 Å². The highest BCUT2D eigenvalue weighted by Gasteiger charge is 2.24. The first kappa shape index (κ1) is 19.6. The number of amides is 3. The number of hydrogen-bond acceptors (Lipinski definition) is 6. The third kappa shape index (κ3) is 4.76. The molecule has 3 rings (SSSR count). The monoisotopic (exact) mass is 386 g/mol. The summed E-state index contributed by atoms with van der Waals surface area (Å²) in [6.07, 6.45) is 3.74. The number of rotatable bonds is 4. The van der Waals surface area contributed by atoms with E-state index in [0.717, 1.165) is 32.1 Å². The summed E-state index contributed by atoms with van der Waals surface area (Å²) in [7, 11) is 0. The first-order valence-electron chi connectivity index (χ1n) is 9.29. The lowest BCUT2D eigenvalue weighted by Crippen LogP contribution is -2.48. The molecule has 1 aromatic heterocycles. The van der Waals surface area contributed by atoms with Crippen molar-refractivity contribution in [2.24, 2.45) is 0 Å². The molecule has 8 nitrogen and oxygen atoms in total. The SMILES string of the molecule is C[C@@H](OC(=O)c1cc2ccccc2oc1=O)C(=O)NC(=O)NC1CCCCC1. The van der Waals surface area contributed by atoms with Gasteiger partial charge in [0, 0.05) is 11.4 Å². The maximum Gasteiger partial charge on any atom is 0.351 e. The topological polar surface area (TPSA) is 115 Å². The number of para-hydroxylation sites is 1. The third-order valence-electron chi connectivity index (χ3n) is 4.69. The van der Waals surface area contributed by atoms with Crippen LogP contribution in [0, 0.1) is 0 Å². The lowest BCUT2D eigenvalue weighted by Gasteiger charge is -2.23. The number of urea groups is 1. The molecule has 28 heavy (non-hydrogen) atoms. The van der Waals surface area contributed by atoms with Gasteiger partial charge in [-0.1, -0.05) is 37.5 Å². The molecule has 2 N–H and O–H groups in total. The zero-order valence-corrected chi connectivity index (χ0v) is 15.5. The number of nitrogens with one attached hydrogen (secondary N) is 2. The summed E-state index contributed by atoms with van der Waals surface area (Å²) in [5.74, 6) is -1.76. The van der Waals surface area contributed by atoms with Gasteiger partial charge in [0.1, 0.15) is 11.1 Å². The molecule has 0 unspecified atom stereocenters. The number of imide groups is 1. The van der Waals surface area contributed by atoms with Crippen LogP contribution in [0.3, 0.4) is 0 Å². The van der Waals surface area contributed by atoms with Crippen LogP contribution in [0.15, 0.2) is 39.5 Å². The van der Waals surface area contributed by atoms with Gasteiger partial charge in [-0.3, -0.25) is 10.1 Å². The Bertz CT molecular complexity index is 945. The van der Waals surface area contributed by atoms with Gasteiger partial charge in [0.25, 0.3) is 5.91 Å². The minimum atomic E-state index is -1.25. The fourth-order valence-electron chi connectivity index (χ4n) is 3.16. The number of ether oxygens (including phenoxy) is 1. The molecule has 1 aromatic carbocycles. The highest BCUT2D eigenvalue weighted by molar-refractivity contribution is 5.99. The number of carbonyl (C=O) groups excluding carboxylic acids is 3. The fraction of sp³-hybridized carbons (Fsp3) is 0.400. The normalized spacial score (nSPS) is 15.6. The molecule has 8 heteroatoms. The molecule has 0 saturated heterocycles. The second-order valence-corrected chi connectivity index (χ2v) is 6.83. The molecule has 0 bridgehead atoms. The molecule has 3 amide bonds. The summed E-state index contributed by atoms with van der Waals surface area (Å²) in [6.45, 7) is 1.32. The molecule has 1 aliphatic carbocycles. The van der Waals surface area contributed by atoms with Crippen LogP contribution >= 0.6 is 0 Å². The van der Waals surface area contributed by atoms with Crippen LogP contribution in [0.2, 0.25) is 0 Å². The van der Waals surface area contributed by atoms with Gasteiger partial charge in [0.15, 0.2) is 6.10 Å². The number of carbonyl (C=O) groups is 3. The van der Waals surface area contributed by atoms with Crippen molar-refractivity contribution in [3.8, 4) is 0 Å². The average Bonchev–Trinajstić information content (AvgIpc) is 2.67. The van der Waals surface area contributed by atoms with Crippen LogP contribution in [-0.2, 0) is 9.53 Å². The Kier molecular flexibility index (Phi) is 6.08. The molecule has 1 fully saturated rings. The van der Waals surface area contributed by atoms with E-state index in [1.807, 2.05) is 0 Å². The standard InChI is InChI=1S/C20H22N2O6/c1-12(17(23)22-20(26)21-14-8-3-2-4-9-14)27-18(24)15-11-13-7-5-6-10-16(13)28-19(15)25/h5-7,10-12,14H,2-4,8-9H2,1H3,(H2,21,22,23,26)/t12-/m1/s1. The van der Waals surface area contributed by atoms with Crippen molar-refractivity contribution in [3.63, 3.8) is 0 Å². The van der Waals surface area contributed by atoms with Crippen molar-refractivity contribution in [2.75, 3.05) is 0 Å². The summed E-state index contributed by atoms with van der Waals surface area (Å²) in [6, 6.07) is 7.50. The Morgan fingerprint density at radius 1 is 1.14 bits per heavy atom. The molecule has 148 valence electrons. The van der Waals surface area contributed by atoms with Crippen LogP contribution in [0.1, 0.15) is 49.4 Å². The predicted octanol–water partition coefficient (Wildman–Crippen LogP) is 2.50. The zero-order valence-electron chi connectivity index (χ0n) is 15.5. The molecular formula is C20H22N2O6. The van der Waals surface area contributed by atoms with E-state index in [9.17, 15) is 19.2 Å². The molecule has 2 aromatic rings. The minimum Gasteiger partial charge on any atom is -0.449 e. The summed E-state index contributed by atoms with van der Waals surface area (Å²) < 4.78 is 10.1. The fourth-order valence-corrected chi connectivity index (χ4v) is 3.16. The predicted molar refractivity (Wildman–Crippen MR) is 101 cm³/mol. The summed E-state index contributed by atoms with van der Waals surface area (Å²) >= 11 is 0. The summed E-state index contributed by atoms with van der Waals surface area (Å²) in [5.41, 5.74) is -0.828. The Morgan fingerprint density at radius 3 is 2.61 bits per heavy atom. The zero-order chi connectivity index (χ0) is 20.1. The van der Waals surface area contributed by atoms with E-state index in [-0.39, 0.29) is 11.6 Å². The molecule has 0 spiro atoms. The first-order chi connectivity index (χ1) is 13.4. The molecular weight excluding hydrogens is 364 g/mol. The van der Waals surface area contributed by atoms with Crippen LogP contribution in [-0.4, -0.2) is 30.1 Å². The van der Waals surface area contributed by atoms with Crippen LogP contribution in [0.25, 0.3) is 11.0 Å². The van der Waals surface area contributed by atoms with Crippen molar-refractivity contribution in [1.82, 2.24) is 10.6 Å². The lowest BCUT2D eigenvalue weighted by molar-refractivity contribution is -0.127. The number of esters is 1. The van der Waals surface area contributed by atoms with Crippen LogP contribution in [0.4, 0.5) is 4.79 Å². The summed E-state index contributed by atoms with van der Waals surface area (Å²) in [5, 5.41) is 5.46. The van der Waals surface area contributed by atoms with Gasteiger partial charge < -0.3 is 14.5 Å². The van der Waals surface area contributed by atoms with E-state index in [2.05, 4.69) is 10.6 Å². The first-order valence-corrected chi connectivity index (χ1v) is 9.29. The smallest absolute Gasteiger partial charge is 0.351 e. The van der Waals surface area contributed by atoms with Gasteiger partial charge in [0.2, 0.25) is 0 Å². The number of hydrogen-bond donors (Lipinski definition) is 2. The summed E-state index contributed by atoms with van der Waals surface area (Å²) in [4.78, 5) is 48.3. The van der Waals surface area contributed by atoms with Gasteiger partial charge in [-0.15, -0.1) is 0 Å². The number of benzene rings is 1. The Labute approximate surface area is 161 Å². The van der Waals surface area contributed by atoms with E-state index >= 15 is 0 Å². The van der Waals surface area contributed by atoms with E-state index in [1.165, 1.54) is 13.0 Å². The van der Waals surface area contributed by atoms with Crippen LogP contribution in [0.5, 0.6) is 0 Å². The Balaban J connectivity index is 1.58. The van der Waals surface area contributed by atoms with Gasteiger partial charge in [-0.25, -0.2) is 14.4 Å². The van der Waals surface area contributed by atoms with Gasteiger partial charge in [-0.2, -0.15) is 0 Å². The lowest BCUT2D eigenvalue weighted by atomic mass is 9.96. The van der Waals surface area contributed by atoms with Gasteiger partial charge in [-0.05, 0) is 31.9 Å². The van der Waals surface area contributed by atoms with Crippen molar-refractivity contribution >= 4 is 28.9 Å². The second-order valence-electron chi connectivity index (χ2n) is 6.83. The highest BCUT2D eigenvalue weighted by atomic mass is 16.5. The molecule has 0 radical (unpaired) electrons. The quantitative estimate of drug-likeness (QED) is 0.616. The van der Waals surface area contributed by atoms with Gasteiger partial charge >= 0.3 is 17.6 Å². The third-order valence-corrected chi connectivity index (χ3v) is 4.69. The van der Waals surface area contributed by atoms with Crippen LogP contribution < -0.4 is 16.3 Å². The van der Waals surface area contributed by atoms with Crippen molar-refractivity contribution in [3.05, 3.63) is 46.3 Å². The molecule has 0 aliphatic heterocycles. The average molecular weight is 386 g/mol. The van der Waals surface area contributed by atoms with Crippen molar-refractivity contribution in [2.45, 2.75) is 51.2 Å². The maximum atomic E-state index is 12.3. The molecule has 1 atom stereocenters. The highest BCUT2D eigenvalue weighted by Crippen LogP contribution is 2.17. The van der Waals surface area contributed by atoms with E-state index < -0.39 is 29.6 Å². The van der Waals surface area contributed by atoms with E-state index in [1.54, 1.807) is 24.3 Å². The second kappa shape index (κ2) is 8.69. The Morgan fingerprint density at radius 2 is 1.86 bits per heavy atom. The Hall–Kier alpha value is -3.16. The number of fused-ring (bicyclic) bond motifs is 1. The van der Waals surface area contributed by atoms with E-state index in [4.69, 9.17) is 9.15 Å².